The Kier molecular flexibility index (Phi) is 3.56. The number of benzene rings is 2. The summed E-state index contributed by atoms with van der Waals surface area (Å²) >= 11 is 0. The smallest absolute Gasteiger partial charge is 0.150 e. The highest BCUT2D eigenvalue weighted by Gasteiger charge is 2.08. The largest absolute Gasteiger partial charge is 0.298 e. The predicted molar refractivity (Wildman–Crippen MR) is 71.3 cm³/mol. The second kappa shape index (κ2) is 5.13. The average Bonchev–Trinajstić information content (AvgIpc) is 2.41. The van der Waals surface area contributed by atoms with Gasteiger partial charge in [-0.3, -0.25) is 4.79 Å². The molecule has 0 N–H and O–H groups in total. The Balaban J connectivity index is 2.49. The summed E-state index contributed by atoms with van der Waals surface area (Å²) in [5.41, 5.74) is 4.10. The van der Waals surface area contributed by atoms with Gasteiger partial charge in [-0.2, -0.15) is 0 Å². The van der Waals surface area contributed by atoms with Crippen LogP contribution in [0.15, 0.2) is 36.4 Å². The second-order valence-corrected chi connectivity index (χ2v) is 4.35. The molecule has 0 saturated carbocycles. The fourth-order valence-electron chi connectivity index (χ4n) is 2.07. The van der Waals surface area contributed by atoms with Crippen molar-refractivity contribution in [1.82, 2.24) is 0 Å². The third-order valence-electron chi connectivity index (χ3n) is 3.16. The first kappa shape index (κ1) is 12.5. The molecule has 18 heavy (non-hydrogen) atoms. The third kappa shape index (κ3) is 2.33. The quantitative estimate of drug-likeness (QED) is 0.738. The van der Waals surface area contributed by atoms with Gasteiger partial charge < -0.3 is 0 Å². The van der Waals surface area contributed by atoms with Crippen LogP contribution in [-0.4, -0.2) is 6.29 Å². The number of carbonyl (C=O) groups is 1. The Morgan fingerprint density at radius 1 is 1.17 bits per heavy atom. The molecule has 2 rings (SSSR count). The van der Waals surface area contributed by atoms with Crippen LogP contribution in [0.4, 0.5) is 4.39 Å². The van der Waals surface area contributed by atoms with Crippen molar-refractivity contribution in [3.05, 3.63) is 58.9 Å². The van der Waals surface area contributed by atoms with Gasteiger partial charge in [0.05, 0.1) is 0 Å². The number of halogens is 1. The van der Waals surface area contributed by atoms with Gasteiger partial charge in [-0.05, 0) is 42.2 Å². The first-order valence-corrected chi connectivity index (χ1v) is 6.00. The van der Waals surface area contributed by atoms with E-state index < -0.39 is 0 Å². The van der Waals surface area contributed by atoms with Crippen molar-refractivity contribution in [1.29, 1.82) is 0 Å². The fraction of sp³-hybridized carbons (Fsp3) is 0.188. The van der Waals surface area contributed by atoms with E-state index in [4.69, 9.17) is 0 Å². The Bertz CT molecular complexity index is 570. The molecule has 0 atom stereocenters. The zero-order valence-electron chi connectivity index (χ0n) is 10.5. The number of carbonyl (C=O) groups excluding carboxylic acids is 1. The Hall–Kier alpha value is -1.96. The maximum Gasteiger partial charge on any atom is 0.150 e. The van der Waals surface area contributed by atoms with Crippen molar-refractivity contribution in [2.45, 2.75) is 20.3 Å². The molecular formula is C16H15FO. The molecule has 2 heteroatoms. The molecule has 0 unspecified atom stereocenters. The molecule has 0 aliphatic rings. The molecular weight excluding hydrogens is 227 g/mol. The second-order valence-electron chi connectivity index (χ2n) is 4.35. The summed E-state index contributed by atoms with van der Waals surface area (Å²) < 4.78 is 14.0. The minimum Gasteiger partial charge on any atom is -0.298 e. The maximum atomic E-state index is 14.0. The molecule has 0 radical (unpaired) electrons. The van der Waals surface area contributed by atoms with Gasteiger partial charge in [0.25, 0.3) is 0 Å². The summed E-state index contributed by atoms with van der Waals surface area (Å²) in [6, 6.07) is 10.4. The van der Waals surface area contributed by atoms with Gasteiger partial charge in [-0.1, -0.05) is 31.2 Å². The normalized spacial score (nSPS) is 10.4. The molecule has 1 nitrogen and oxygen atoms in total. The highest BCUT2D eigenvalue weighted by molar-refractivity contribution is 5.77. The topological polar surface area (TPSA) is 17.1 Å². The monoisotopic (exact) mass is 242 g/mol. The van der Waals surface area contributed by atoms with E-state index in [0.29, 0.717) is 11.1 Å². The van der Waals surface area contributed by atoms with Crippen molar-refractivity contribution in [2.24, 2.45) is 0 Å². The summed E-state index contributed by atoms with van der Waals surface area (Å²) in [5.74, 6) is -0.212. The van der Waals surface area contributed by atoms with Gasteiger partial charge in [0.1, 0.15) is 12.1 Å². The van der Waals surface area contributed by atoms with Gasteiger partial charge in [0.2, 0.25) is 0 Å². The fourth-order valence-corrected chi connectivity index (χ4v) is 2.07. The maximum absolute atomic E-state index is 14.0. The lowest BCUT2D eigenvalue weighted by Gasteiger charge is -2.09. The van der Waals surface area contributed by atoms with Crippen molar-refractivity contribution in [3.63, 3.8) is 0 Å². The summed E-state index contributed by atoms with van der Waals surface area (Å²) in [6.45, 7) is 4.00. The lowest BCUT2D eigenvalue weighted by Crippen LogP contribution is -1.93. The van der Waals surface area contributed by atoms with E-state index in [1.165, 1.54) is 0 Å². The summed E-state index contributed by atoms with van der Waals surface area (Å²) in [7, 11) is 0. The van der Waals surface area contributed by atoms with Crippen LogP contribution in [0, 0.1) is 12.7 Å². The van der Waals surface area contributed by atoms with E-state index in [1.54, 1.807) is 30.3 Å². The molecule has 2 aromatic rings. The van der Waals surface area contributed by atoms with E-state index in [2.05, 4.69) is 0 Å². The van der Waals surface area contributed by atoms with E-state index >= 15 is 0 Å². The van der Waals surface area contributed by atoms with E-state index in [-0.39, 0.29) is 5.82 Å². The molecule has 0 bridgehead atoms. The van der Waals surface area contributed by atoms with Crippen LogP contribution in [0.3, 0.4) is 0 Å². The van der Waals surface area contributed by atoms with Gasteiger partial charge in [0.15, 0.2) is 0 Å². The van der Waals surface area contributed by atoms with Gasteiger partial charge >= 0.3 is 0 Å². The lowest BCUT2D eigenvalue weighted by molar-refractivity contribution is 0.112. The van der Waals surface area contributed by atoms with Gasteiger partial charge in [0, 0.05) is 11.1 Å². The SMILES string of the molecule is CCc1cc(F)c(-c2ccc(C=O)cc2)cc1C. The first-order chi connectivity index (χ1) is 8.65. The zero-order valence-corrected chi connectivity index (χ0v) is 10.5. The van der Waals surface area contributed by atoms with Crippen molar-refractivity contribution in [2.75, 3.05) is 0 Å². The number of aldehydes is 1. The Morgan fingerprint density at radius 3 is 2.39 bits per heavy atom. The molecule has 0 saturated heterocycles. The van der Waals surface area contributed by atoms with Crippen LogP contribution in [0.5, 0.6) is 0 Å². The molecule has 0 fully saturated rings. The molecule has 0 amide bonds. The van der Waals surface area contributed by atoms with Crippen LogP contribution in [-0.2, 0) is 6.42 Å². The van der Waals surface area contributed by atoms with Gasteiger partial charge in [-0.25, -0.2) is 4.39 Å². The Morgan fingerprint density at radius 2 is 1.83 bits per heavy atom. The van der Waals surface area contributed by atoms with Crippen molar-refractivity contribution < 1.29 is 9.18 Å². The van der Waals surface area contributed by atoms with Crippen LogP contribution >= 0.6 is 0 Å². The van der Waals surface area contributed by atoms with Crippen molar-refractivity contribution >= 4 is 6.29 Å². The number of hydrogen-bond acceptors (Lipinski definition) is 1. The number of rotatable bonds is 3. The van der Waals surface area contributed by atoms with Crippen LogP contribution in [0.25, 0.3) is 11.1 Å². The number of hydrogen-bond donors (Lipinski definition) is 0. The van der Waals surface area contributed by atoms with E-state index in [1.807, 2.05) is 19.9 Å². The molecule has 0 aliphatic carbocycles. The minimum atomic E-state index is -0.212. The molecule has 92 valence electrons. The van der Waals surface area contributed by atoms with Crippen molar-refractivity contribution in [3.8, 4) is 11.1 Å². The molecule has 2 aromatic carbocycles. The molecule has 0 heterocycles. The minimum absolute atomic E-state index is 0.212. The van der Waals surface area contributed by atoms with Crippen LogP contribution in [0.1, 0.15) is 28.4 Å². The van der Waals surface area contributed by atoms with E-state index in [0.717, 1.165) is 29.4 Å². The average molecular weight is 242 g/mol. The highest BCUT2D eigenvalue weighted by Crippen LogP contribution is 2.26. The summed E-state index contributed by atoms with van der Waals surface area (Å²) in [4.78, 5) is 10.6. The number of aryl methyl sites for hydroxylation is 2. The lowest BCUT2D eigenvalue weighted by atomic mass is 9.97. The predicted octanol–water partition coefficient (Wildman–Crippen LogP) is 4.18. The Labute approximate surface area is 106 Å². The molecule has 0 spiro atoms. The van der Waals surface area contributed by atoms with Gasteiger partial charge in [-0.15, -0.1) is 0 Å². The summed E-state index contributed by atoms with van der Waals surface area (Å²) in [6.07, 6.45) is 1.61. The third-order valence-corrected chi connectivity index (χ3v) is 3.16. The standard InChI is InChI=1S/C16H15FO/c1-3-13-9-16(17)15(8-11(13)2)14-6-4-12(10-18)5-7-14/h4-10H,3H2,1-2H3. The highest BCUT2D eigenvalue weighted by atomic mass is 19.1. The molecule has 0 aliphatic heterocycles. The van der Waals surface area contributed by atoms with Crippen LogP contribution < -0.4 is 0 Å². The van der Waals surface area contributed by atoms with Crippen LogP contribution in [0.2, 0.25) is 0 Å². The summed E-state index contributed by atoms with van der Waals surface area (Å²) in [5, 5.41) is 0. The first-order valence-electron chi connectivity index (χ1n) is 6.00. The van der Waals surface area contributed by atoms with E-state index in [9.17, 15) is 9.18 Å². The molecule has 0 aromatic heterocycles. The zero-order chi connectivity index (χ0) is 13.1.